The molecule has 0 amide bonds. The van der Waals surface area contributed by atoms with E-state index >= 15 is 0 Å². The van der Waals surface area contributed by atoms with E-state index in [9.17, 15) is 0 Å². The number of rotatable bonds is 5. The summed E-state index contributed by atoms with van der Waals surface area (Å²) in [5.41, 5.74) is 8.05. The van der Waals surface area contributed by atoms with Crippen LogP contribution in [0, 0.1) is 0 Å². The van der Waals surface area contributed by atoms with Crippen LogP contribution in [0.3, 0.4) is 0 Å². The van der Waals surface area contributed by atoms with Crippen LogP contribution in [-0.2, 0) is 0 Å². The van der Waals surface area contributed by atoms with Gasteiger partial charge in [-0.15, -0.1) is 0 Å². The van der Waals surface area contributed by atoms with E-state index in [4.69, 9.17) is 0 Å². The molecule has 1 unspecified atom stereocenters. The van der Waals surface area contributed by atoms with Gasteiger partial charge in [0.25, 0.3) is 0 Å². The zero-order valence-electron chi connectivity index (χ0n) is 17.2. The maximum atomic E-state index is 3.81. The summed E-state index contributed by atoms with van der Waals surface area (Å²) in [6.45, 7) is 1.10. The second-order valence-electron chi connectivity index (χ2n) is 8.09. The molecule has 0 radical (unpaired) electrons. The molecule has 1 aliphatic rings. The normalized spacial score (nSPS) is 16.1. The molecule has 0 aromatic heterocycles. The van der Waals surface area contributed by atoms with Gasteiger partial charge < -0.3 is 5.32 Å². The molecule has 4 aromatic rings. The maximum absolute atomic E-state index is 3.81. The highest BCUT2D eigenvalue weighted by atomic mass is 14.9. The van der Waals surface area contributed by atoms with E-state index in [0.29, 0.717) is 12.0 Å². The average molecular weight is 390 g/mol. The van der Waals surface area contributed by atoms with Crippen molar-refractivity contribution in [3.63, 3.8) is 0 Å². The van der Waals surface area contributed by atoms with Crippen molar-refractivity contribution in [1.29, 1.82) is 0 Å². The van der Waals surface area contributed by atoms with Gasteiger partial charge in [-0.2, -0.15) is 0 Å². The van der Waals surface area contributed by atoms with E-state index in [-0.39, 0.29) is 0 Å². The topological polar surface area (TPSA) is 12.0 Å². The van der Waals surface area contributed by atoms with Crippen LogP contribution in [0.1, 0.15) is 29.9 Å². The lowest BCUT2D eigenvalue weighted by molar-refractivity contribution is 0.542. The van der Waals surface area contributed by atoms with Crippen molar-refractivity contribution in [2.75, 3.05) is 6.54 Å². The Kier molecular flexibility index (Phi) is 5.46. The van der Waals surface area contributed by atoms with E-state index in [0.717, 1.165) is 6.54 Å². The highest BCUT2D eigenvalue weighted by molar-refractivity contribution is 5.73. The zero-order chi connectivity index (χ0) is 20.2. The summed E-state index contributed by atoms with van der Waals surface area (Å²) in [5.74, 6) is 0.306. The molecule has 0 bridgehead atoms. The van der Waals surface area contributed by atoms with E-state index in [2.05, 4.69) is 115 Å². The van der Waals surface area contributed by atoms with Crippen LogP contribution in [0.25, 0.3) is 22.3 Å². The van der Waals surface area contributed by atoms with Crippen molar-refractivity contribution in [2.24, 2.45) is 0 Å². The van der Waals surface area contributed by atoms with Crippen LogP contribution in [0.5, 0.6) is 0 Å². The predicted molar refractivity (Wildman–Crippen MR) is 127 cm³/mol. The molecule has 1 heterocycles. The molecule has 5 rings (SSSR count). The van der Waals surface area contributed by atoms with Gasteiger partial charge >= 0.3 is 0 Å². The first-order valence-corrected chi connectivity index (χ1v) is 10.9. The molecule has 4 aromatic carbocycles. The summed E-state index contributed by atoms with van der Waals surface area (Å²) >= 11 is 0. The summed E-state index contributed by atoms with van der Waals surface area (Å²) in [7, 11) is 0. The van der Waals surface area contributed by atoms with E-state index in [1.165, 1.54) is 46.2 Å². The third-order valence-electron chi connectivity index (χ3n) is 6.26. The van der Waals surface area contributed by atoms with Crippen molar-refractivity contribution in [2.45, 2.75) is 24.8 Å². The Labute approximate surface area is 179 Å². The maximum Gasteiger partial charge on any atom is 0.0255 e. The molecule has 0 saturated carbocycles. The number of hydrogen-bond donors (Lipinski definition) is 1. The van der Waals surface area contributed by atoms with E-state index < -0.39 is 0 Å². The molecule has 1 saturated heterocycles. The van der Waals surface area contributed by atoms with Gasteiger partial charge in [0.2, 0.25) is 0 Å². The minimum atomic E-state index is 0.306. The first kappa shape index (κ1) is 18.8. The SMILES string of the molecule is c1ccc(-c2ccccc2C(c2ccccc2-c2ccccc2)C2CCCN2)cc1. The fraction of sp³-hybridized carbons (Fsp3) is 0.172. The Morgan fingerprint density at radius 2 is 1.03 bits per heavy atom. The first-order chi connectivity index (χ1) is 14.9. The summed E-state index contributed by atoms with van der Waals surface area (Å²) in [4.78, 5) is 0. The van der Waals surface area contributed by atoms with Gasteiger partial charge in [-0.25, -0.2) is 0 Å². The highest BCUT2D eigenvalue weighted by Gasteiger charge is 2.30. The van der Waals surface area contributed by atoms with Crippen LogP contribution in [0.2, 0.25) is 0 Å². The van der Waals surface area contributed by atoms with Gasteiger partial charge in [0.15, 0.2) is 0 Å². The Morgan fingerprint density at radius 3 is 1.50 bits per heavy atom. The average Bonchev–Trinajstić information content (AvgIpc) is 3.36. The van der Waals surface area contributed by atoms with Crippen molar-refractivity contribution in [3.8, 4) is 22.3 Å². The molecular weight excluding hydrogens is 362 g/mol. The first-order valence-electron chi connectivity index (χ1n) is 10.9. The quantitative estimate of drug-likeness (QED) is 0.391. The van der Waals surface area contributed by atoms with Crippen molar-refractivity contribution < 1.29 is 0 Å². The van der Waals surface area contributed by atoms with Crippen LogP contribution in [-0.4, -0.2) is 12.6 Å². The third-order valence-corrected chi connectivity index (χ3v) is 6.26. The minimum Gasteiger partial charge on any atom is -0.313 e. The molecular formula is C29H27N. The zero-order valence-corrected chi connectivity index (χ0v) is 17.2. The Morgan fingerprint density at radius 1 is 0.567 bits per heavy atom. The Bertz CT molecular complexity index is 1010. The van der Waals surface area contributed by atoms with E-state index in [1.54, 1.807) is 0 Å². The fourth-order valence-corrected chi connectivity index (χ4v) is 4.89. The molecule has 1 N–H and O–H groups in total. The van der Waals surface area contributed by atoms with Crippen LogP contribution in [0.4, 0.5) is 0 Å². The molecule has 0 spiro atoms. The summed E-state index contributed by atoms with van der Waals surface area (Å²) < 4.78 is 0. The van der Waals surface area contributed by atoms with Crippen LogP contribution < -0.4 is 5.32 Å². The van der Waals surface area contributed by atoms with Gasteiger partial charge in [0.1, 0.15) is 0 Å². The lowest BCUT2D eigenvalue weighted by Gasteiger charge is -2.29. The smallest absolute Gasteiger partial charge is 0.0255 e. The molecule has 1 atom stereocenters. The lowest BCUT2D eigenvalue weighted by Crippen LogP contribution is -2.30. The molecule has 1 nitrogen and oxygen atoms in total. The summed E-state index contributed by atoms with van der Waals surface area (Å²) in [6, 6.07) is 40.0. The van der Waals surface area contributed by atoms with Gasteiger partial charge in [-0.1, -0.05) is 109 Å². The highest BCUT2D eigenvalue weighted by Crippen LogP contribution is 2.41. The van der Waals surface area contributed by atoms with Gasteiger partial charge in [0.05, 0.1) is 0 Å². The Balaban J connectivity index is 1.70. The number of nitrogens with one attached hydrogen (secondary N) is 1. The third kappa shape index (κ3) is 3.69. The lowest BCUT2D eigenvalue weighted by atomic mass is 9.78. The predicted octanol–water partition coefficient (Wildman–Crippen LogP) is 6.90. The number of hydrogen-bond acceptors (Lipinski definition) is 1. The standard InChI is InChI=1S/C29H27N/c1-3-12-22(13-4-1)24-16-7-9-18-26(24)29(28-20-11-21-30-28)27-19-10-8-17-25(27)23-14-5-2-6-15-23/h1-10,12-19,28-30H,11,20-21H2. The van der Waals surface area contributed by atoms with Gasteiger partial charge in [-0.05, 0) is 52.8 Å². The largest absolute Gasteiger partial charge is 0.313 e. The molecule has 1 aliphatic heterocycles. The van der Waals surface area contributed by atoms with E-state index in [1.807, 2.05) is 0 Å². The fourth-order valence-electron chi connectivity index (χ4n) is 4.89. The number of benzene rings is 4. The second kappa shape index (κ2) is 8.69. The van der Waals surface area contributed by atoms with Crippen molar-refractivity contribution >= 4 is 0 Å². The summed E-state index contributed by atoms with van der Waals surface area (Å²) in [6.07, 6.45) is 2.44. The second-order valence-corrected chi connectivity index (χ2v) is 8.09. The van der Waals surface area contributed by atoms with Crippen LogP contribution >= 0.6 is 0 Å². The monoisotopic (exact) mass is 389 g/mol. The van der Waals surface area contributed by atoms with Crippen LogP contribution in [0.15, 0.2) is 109 Å². The minimum absolute atomic E-state index is 0.306. The molecule has 1 heteroatoms. The van der Waals surface area contributed by atoms with Gasteiger partial charge in [0, 0.05) is 12.0 Å². The Hall–Kier alpha value is -3.16. The molecule has 0 aliphatic carbocycles. The molecule has 30 heavy (non-hydrogen) atoms. The molecule has 148 valence electrons. The summed E-state index contributed by atoms with van der Waals surface area (Å²) in [5, 5.41) is 3.81. The van der Waals surface area contributed by atoms with Crippen molar-refractivity contribution in [1.82, 2.24) is 5.32 Å². The van der Waals surface area contributed by atoms with Gasteiger partial charge in [-0.3, -0.25) is 0 Å². The van der Waals surface area contributed by atoms with Crippen molar-refractivity contribution in [3.05, 3.63) is 120 Å². The molecule has 1 fully saturated rings.